The molecule has 0 bridgehead atoms. The molecule has 1 fully saturated rings. The molecule has 0 radical (unpaired) electrons. The van der Waals surface area contributed by atoms with Crippen molar-refractivity contribution in [3.63, 3.8) is 0 Å². The second-order valence-corrected chi connectivity index (χ2v) is 8.29. The van der Waals surface area contributed by atoms with E-state index in [1.807, 2.05) is 41.3 Å². The SMILES string of the molecule is O=C(NCCCN1C(=O)C2(COc3cc4c(cc32)OCO4)c2ccccc21)C1CC1. The van der Waals surface area contributed by atoms with Gasteiger partial charge in [-0.05, 0) is 37.0 Å². The third-order valence-corrected chi connectivity index (χ3v) is 6.45. The molecule has 2 aromatic rings. The van der Waals surface area contributed by atoms with Crippen molar-refractivity contribution in [1.82, 2.24) is 5.32 Å². The fourth-order valence-corrected chi connectivity index (χ4v) is 4.73. The second-order valence-electron chi connectivity index (χ2n) is 8.29. The fraction of sp³-hybridized carbons (Fsp3) is 0.391. The predicted octanol–water partition coefficient (Wildman–Crippen LogP) is 2.36. The van der Waals surface area contributed by atoms with E-state index >= 15 is 0 Å². The van der Waals surface area contributed by atoms with E-state index in [-0.39, 0.29) is 31.1 Å². The number of carbonyl (C=O) groups excluding carboxylic acids is 2. The molecule has 1 N–H and O–H groups in total. The molecule has 2 amide bonds. The molecule has 7 nitrogen and oxygen atoms in total. The van der Waals surface area contributed by atoms with E-state index in [1.165, 1.54) is 0 Å². The maximum Gasteiger partial charge on any atom is 0.245 e. The van der Waals surface area contributed by atoms with Gasteiger partial charge in [-0.25, -0.2) is 0 Å². The van der Waals surface area contributed by atoms with Crippen LogP contribution in [-0.2, 0) is 15.0 Å². The normalized spacial score (nSPS) is 22.8. The Balaban J connectivity index is 1.30. The Hall–Kier alpha value is -3.22. The molecule has 3 aliphatic heterocycles. The molecule has 1 aliphatic carbocycles. The lowest BCUT2D eigenvalue weighted by atomic mass is 9.77. The number of carbonyl (C=O) groups is 2. The molecule has 6 rings (SSSR count). The lowest BCUT2D eigenvalue weighted by molar-refractivity contribution is -0.122. The van der Waals surface area contributed by atoms with Crippen LogP contribution in [0, 0.1) is 5.92 Å². The number of para-hydroxylation sites is 1. The molecule has 1 unspecified atom stereocenters. The molecule has 1 atom stereocenters. The van der Waals surface area contributed by atoms with E-state index in [1.54, 1.807) is 0 Å². The minimum Gasteiger partial charge on any atom is -0.491 e. The maximum absolute atomic E-state index is 13.8. The van der Waals surface area contributed by atoms with Gasteiger partial charge in [-0.3, -0.25) is 9.59 Å². The van der Waals surface area contributed by atoms with Crippen molar-refractivity contribution in [2.45, 2.75) is 24.7 Å². The van der Waals surface area contributed by atoms with Crippen LogP contribution in [0.15, 0.2) is 36.4 Å². The van der Waals surface area contributed by atoms with Crippen molar-refractivity contribution in [1.29, 1.82) is 0 Å². The third-order valence-electron chi connectivity index (χ3n) is 6.45. The lowest BCUT2D eigenvalue weighted by Crippen LogP contribution is -2.43. The van der Waals surface area contributed by atoms with Gasteiger partial charge in [0.15, 0.2) is 11.5 Å². The van der Waals surface area contributed by atoms with Gasteiger partial charge in [-0.15, -0.1) is 0 Å². The van der Waals surface area contributed by atoms with Gasteiger partial charge in [0.1, 0.15) is 17.8 Å². The molecule has 154 valence electrons. The van der Waals surface area contributed by atoms with Crippen LogP contribution >= 0.6 is 0 Å². The van der Waals surface area contributed by atoms with Crippen molar-refractivity contribution in [2.75, 3.05) is 31.4 Å². The van der Waals surface area contributed by atoms with Crippen molar-refractivity contribution in [3.05, 3.63) is 47.5 Å². The average Bonchev–Trinajstić information content (AvgIpc) is 3.34. The van der Waals surface area contributed by atoms with Crippen LogP contribution in [0.5, 0.6) is 17.2 Å². The van der Waals surface area contributed by atoms with Gasteiger partial charge in [-0.2, -0.15) is 0 Å². The number of benzene rings is 2. The maximum atomic E-state index is 13.8. The number of ether oxygens (including phenoxy) is 3. The van der Waals surface area contributed by atoms with Crippen LogP contribution in [0.3, 0.4) is 0 Å². The van der Waals surface area contributed by atoms with Gasteiger partial charge in [0.2, 0.25) is 18.6 Å². The lowest BCUT2D eigenvalue weighted by Gasteiger charge is -2.23. The van der Waals surface area contributed by atoms with E-state index in [0.717, 1.165) is 29.7 Å². The molecular formula is C23H22N2O5. The van der Waals surface area contributed by atoms with Crippen LogP contribution in [-0.4, -0.2) is 38.3 Å². The zero-order chi connectivity index (χ0) is 20.3. The Kier molecular flexibility index (Phi) is 3.75. The molecule has 4 aliphatic rings. The number of fused-ring (bicyclic) bond motifs is 5. The minimum absolute atomic E-state index is 0.00911. The summed E-state index contributed by atoms with van der Waals surface area (Å²) in [6, 6.07) is 11.6. The van der Waals surface area contributed by atoms with E-state index in [0.29, 0.717) is 36.8 Å². The topological polar surface area (TPSA) is 77.1 Å². The first-order valence-electron chi connectivity index (χ1n) is 10.4. The van der Waals surface area contributed by atoms with Gasteiger partial charge in [0, 0.05) is 36.3 Å². The molecule has 7 heteroatoms. The second kappa shape index (κ2) is 6.39. The van der Waals surface area contributed by atoms with Crippen molar-refractivity contribution < 1.29 is 23.8 Å². The number of rotatable bonds is 5. The fourth-order valence-electron chi connectivity index (χ4n) is 4.73. The quantitative estimate of drug-likeness (QED) is 0.772. The van der Waals surface area contributed by atoms with E-state index < -0.39 is 5.41 Å². The van der Waals surface area contributed by atoms with Crippen molar-refractivity contribution in [2.24, 2.45) is 5.92 Å². The van der Waals surface area contributed by atoms with Crippen LogP contribution in [0.1, 0.15) is 30.4 Å². The minimum atomic E-state index is -0.871. The van der Waals surface area contributed by atoms with Gasteiger partial charge in [-0.1, -0.05) is 18.2 Å². The Morgan fingerprint density at radius 1 is 1.07 bits per heavy atom. The summed E-state index contributed by atoms with van der Waals surface area (Å²) in [5.41, 5.74) is 1.82. The van der Waals surface area contributed by atoms with Crippen LogP contribution in [0.25, 0.3) is 0 Å². The summed E-state index contributed by atoms with van der Waals surface area (Å²) in [6.45, 7) is 1.55. The highest BCUT2D eigenvalue weighted by Crippen LogP contribution is 2.54. The molecule has 2 aromatic carbocycles. The third kappa shape index (κ3) is 2.44. The van der Waals surface area contributed by atoms with Crippen molar-refractivity contribution >= 4 is 17.5 Å². The largest absolute Gasteiger partial charge is 0.491 e. The highest BCUT2D eigenvalue weighted by atomic mass is 16.7. The number of anilines is 1. The number of hydrogen-bond acceptors (Lipinski definition) is 5. The Bertz CT molecular complexity index is 1060. The molecule has 30 heavy (non-hydrogen) atoms. The predicted molar refractivity (Wildman–Crippen MR) is 108 cm³/mol. The first-order chi connectivity index (χ1) is 14.7. The van der Waals surface area contributed by atoms with Crippen LogP contribution in [0.4, 0.5) is 5.69 Å². The smallest absolute Gasteiger partial charge is 0.245 e. The molecule has 1 saturated carbocycles. The number of hydrogen-bond donors (Lipinski definition) is 1. The zero-order valence-corrected chi connectivity index (χ0v) is 16.5. The Labute approximate surface area is 173 Å². The summed E-state index contributed by atoms with van der Waals surface area (Å²) in [5, 5.41) is 2.98. The highest BCUT2D eigenvalue weighted by molar-refractivity contribution is 6.11. The standard InChI is InChI=1S/C23H22N2O5/c26-21(14-6-7-14)24-8-3-9-25-17-5-2-1-4-15(17)23(22(25)27)12-28-18-11-20-19(10-16(18)23)29-13-30-20/h1-2,4-5,10-11,14H,3,6-9,12-13H2,(H,24,26). The zero-order valence-electron chi connectivity index (χ0n) is 16.5. The van der Waals surface area contributed by atoms with E-state index in [4.69, 9.17) is 14.2 Å². The highest BCUT2D eigenvalue weighted by Gasteiger charge is 2.57. The number of amides is 2. The number of nitrogens with zero attached hydrogens (tertiary/aromatic N) is 1. The van der Waals surface area contributed by atoms with Gasteiger partial charge >= 0.3 is 0 Å². The summed E-state index contributed by atoms with van der Waals surface area (Å²) >= 11 is 0. The van der Waals surface area contributed by atoms with Gasteiger partial charge in [0.25, 0.3) is 0 Å². The number of nitrogens with one attached hydrogen (secondary N) is 1. The molecule has 0 aromatic heterocycles. The first-order valence-corrected chi connectivity index (χ1v) is 10.4. The summed E-state index contributed by atoms with van der Waals surface area (Å²) in [4.78, 5) is 27.5. The molecular weight excluding hydrogens is 384 g/mol. The molecule has 0 saturated heterocycles. The molecule has 3 heterocycles. The Morgan fingerprint density at radius 2 is 1.87 bits per heavy atom. The van der Waals surface area contributed by atoms with Crippen molar-refractivity contribution in [3.8, 4) is 17.2 Å². The summed E-state index contributed by atoms with van der Waals surface area (Å²) in [5.74, 6) is 2.30. The summed E-state index contributed by atoms with van der Waals surface area (Å²) in [6.07, 6.45) is 2.68. The van der Waals surface area contributed by atoms with Crippen LogP contribution < -0.4 is 24.4 Å². The van der Waals surface area contributed by atoms with E-state index in [9.17, 15) is 9.59 Å². The average molecular weight is 406 g/mol. The van der Waals surface area contributed by atoms with E-state index in [2.05, 4.69) is 5.32 Å². The van der Waals surface area contributed by atoms with Gasteiger partial charge < -0.3 is 24.4 Å². The Morgan fingerprint density at radius 3 is 2.70 bits per heavy atom. The van der Waals surface area contributed by atoms with Crippen LogP contribution in [0.2, 0.25) is 0 Å². The monoisotopic (exact) mass is 406 g/mol. The summed E-state index contributed by atoms with van der Waals surface area (Å²) < 4.78 is 17.0. The summed E-state index contributed by atoms with van der Waals surface area (Å²) in [7, 11) is 0. The molecule has 1 spiro atoms. The first kappa shape index (κ1) is 17.6. The van der Waals surface area contributed by atoms with Gasteiger partial charge in [0.05, 0.1) is 0 Å².